The second-order valence-corrected chi connectivity index (χ2v) is 10.7. The summed E-state index contributed by atoms with van der Waals surface area (Å²) in [6.07, 6.45) is 2.25. The van der Waals surface area contributed by atoms with Crippen LogP contribution in [0.1, 0.15) is 71.6 Å². The van der Waals surface area contributed by atoms with Crippen molar-refractivity contribution in [3.05, 3.63) is 58.1 Å². The molecule has 0 unspecified atom stereocenters. The van der Waals surface area contributed by atoms with E-state index in [2.05, 4.69) is 28.0 Å². The van der Waals surface area contributed by atoms with Crippen LogP contribution in [-0.2, 0) is 24.4 Å². The number of benzene rings is 2. The van der Waals surface area contributed by atoms with E-state index in [0.29, 0.717) is 25.3 Å². The van der Waals surface area contributed by atoms with Crippen molar-refractivity contribution in [2.45, 2.75) is 58.7 Å². The first-order valence-corrected chi connectivity index (χ1v) is 13.5. The predicted octanol–water partition coefficient (Wildman–Crippen LogP) is 3.76. The molecule has 0 spiro atoms. The number of hydrogen-bond donors (Lipinski definition) is 3. The number of nitrogens with zero attached hydrogens (tertiary/aromatic N) is 3. The van der Waals surface area contributed by atoms with Gasteiger partial charge in [-0.05, 0) is 60.0 Å². The summed E-state index contributed by atoms with van der Waals surface area (Å²) in [6, 6.07) is 9.36. The fourth-order valence-corrected chi connectivity index (χ4v) is 5.30. The van der Waals surface area contributed by atoms with Crippen molar-refractivity contribution >= 4 is 12.0 Å². The Kier molecular flexibility index (Phi) is 9.12. The molecular weight excluding hydrogens is 484 g/mol. The number of primary amides is 1. The summed E-state index contributed by atoms with van der Waals surface area (Å²) in [5.74, 6) is -0.364. The molecule has 9 nitrogen and oxygen atoms in total. The highest BCUT2D eigenvalue weighted by molar-refractivity contribution is 5.97. The smallest absolute Gasteiger partial charge is 0.404 e. The van der Waals surface area contributed by atoms with Gasteiger partial charge in [0.2, 0.25) is 0 Å². The van der Waals surface area contributed by atoms with Gasteiger partial charge in [-0.3, -0.25) is 9.69 Å². The summed E-state index contributed by atoms with van der Waals surface area (Å²) in [4.78, 5) is 30.6. The lowest BCUT2D eigenvalue weighted by molar-refractivity contribution is 0.0748. The maximum Gasteiger partial charge on any atom is 0.404 e. The molecule has 2 aromatic rings. The SMILES string of the molecule is CC(C)c1cc(C(=O)N2Cc3ccc(CN4CCN(CCCCCOC(N)=O)CC4)cc3C2)c(O)cc1O. The van der Waals surface area contributed by atoms with Crippen LogP contribution in [0, 0.1) is 0 Å². The number of piperazine rings is 1. The summed E-state index contributed by atoms with van der Waals surface area (Å²) in [7, 11) is 0. The average Bonchev–Trinajstić information content (AvgIpc) is 3.30. The maximum absolute atomic E-state index is 13.3. The fraction of sp³-hybridized carbons (Fsp3) is 0.517. The number of unbranched alkanes of at least 4 members (excludes halogenated alkanes) is 2. The van der Waals surface area contributed by atoms with Crippen LogP contribution in [0.15, 0.2) is 30.3 Å². The van der Waals surface area contributed by atoms with Crippen molar-refractivity contribution in [3.63, 3.8) is 0 Å². The van der Waals surface area contributed by atoms with E-state index in [-0.39, 0.29) is 28.9 Å². The monoisotopic (exact) mass is 524 g/mol. The second kappa shape index (κ2) is 12.5. The second-order valence-electron chi connectivity index (χ2n) is 10.7. The topological polar surface area (TPSA) is 120 Å². The molecule has 4 N–H and O–H groups in total. The number of phenols is 2. The molecule has 0 aliphatic carbocycles. The Morgan fingerprint density at radius 1 is 0.921 bits per heavy atom. The first-order chi connectivity index (χ1) is 18.2. The van der Waals surface area contributed by atoms with E-state index in [1.807, 2.05) is 13.8 Å². The summed E-state index contributed by atoms with van der Waals surface area (Å²) in [5.41, 5.74) is 9.39. The van der Waals surface area contributed by atoms with Crippen LogP contribution < -0.4 is 5.73 Å². The van der Waals surface area contributed by atoms with E-state index < -0.39 is 6.09 Å². The van der Waals surface area contributed by atoms with Gasteiger partial charge in [0.05, 0.1) is 12.2 Å². The van der Waals surface area contributed by atoms with Crippen LogP contribution in [-0.4, -0.2) is 76.2 Å². The Morgan fingerprint density at radius 3 is 2.34 bits per heavy atom. The van der Waals surface area contributed by atoms with E-state index in [1.165, 1.54) is 11.6 Å². The number of carbonyl (C=O) groups is 2. The Balaban J connectivity index is 1.26. The summed E-state index contributed by atoms with van der Waals surface area (Å²) >= 11 is 0. The minimum absolute atomic E-state index is 0.0106. The number of aromatic hydroxyl groups is 2. The molecule has 38 heavy (non-hydrogen) atoms. The fourth-order valence-electron chi connectivity index (χ4n) is 5.30. The Hall–Kier alpha value is -3.30. The molecule has 0 saturated carbocycles. The molecule has 1 saturated heterocycles. The van der Waals surface area contributed by atoms with Gasteiger partial charge in [0.25, 0.3) is 5.91 Å². The van der Waals surface area contributed by atoms with Crippen molar-refractivity contribution < 1.29 is 24.5 Å². The number of rotatable bonds is 10. The van der Waals surface area contributed by atoms with Gasteiger partial charge in [-0.15, -0.1) is 0 Å². The first-order valence-electron chi connectivity index (χ1n) is 13.5. The van der Waals surface area contributed by atoms with Crippen molar-refractivity contribution in [2.75, 3.05) is 39.3 Å². The molecule has 0 atom stereocenters. The molecular formula is C29H40N4O5. The lowest BCUT2D eigenvalue weighted by Gasteiger charge is -2.34. The van der Waals surface area contributed by atoms with Crippen LogP contribution in [0.2, 0.25) is 0 Å². The number of ether oxygens (including phenoxy) is 1. The standard InChI is InChI=1S/C29H40N4O5/c1-20(2)24-15-25(27(35)16-26(24)34)28(36)33-18-22-7-6-21(14-23(22)19-33)17-32-11-9-31(10-12-32)8-4-3-5-13-38-29(30)37/h6-7,14-16,20,34-35H,3-5,8-13,17-19H2,1-2H3,(H2,30,37). The molecule has 206 valence electrons. The molecule has 2 aliphatic rings. The van der Waals surface area contributed by atoms with Gasteiger partial charge in [-0.1, -0.05) is 32.0 Å². The third-order valence-electron chi connectivity index (χ3n) is 7.51. The Bertz CT molecular complexity index is 1140. The van der Waals surface area contributed by atoms with Gasteiger partial charge in [0.1, 0.15) is 11.5 Å². The highest BCUT2D eigenvalue weighted by Gasteiger charge is 2.28. The van der Waals surface area contributed by atoms with Crippen LogP contribution in [0.4, 0.5) is 4.79 Å². The van der Waals surface area contributed by atoms with E-state index in [4.69, 9.17) is 10.5 Å². The lowest BCUT2D eigenvalue weighted by Crippen LogP contribution is -2.46. The van der Waals surface area contributed by atoms with Crippen LogP contribution >= 0.6 is 0 Å². The molecule has 0 bridgehead atoms. The van der Waals surface area contributed by atoms with Gasteiger partial charge in [0.15, 0.2) is 0 Å². The lowest BCUT2D eigenvalue weighted by atomic mass is 9.98. The molecule has 1 fully saturated rings. The van der Waals surface area contributed by atoms with Crippen molar-refractivity contribution in [1.29, 1.82) is 0 Å². The number of carbonyl (C=O) groups excluding carboxylic acids is 2. The molecule has 2 aliphatic heterocycles. The van der Waals surface area contributed by atoms with Gasteiger partial charge < -0.3 is 30.5 Å². The van der Waals surface area contributed by atoms with Crippen molar-refractivity contribution in [1.82, 2.24) is 14.7 Å². The minimum atomic E-state index is -0.704. The average molecular weight is 525 g/mol. The van der Waals surface area contributed by atoms with E-state index in [0.717, 1.165) is 69.7 Å². The number of nitrogens with two attached hydrogens (primary N) is 1. The van der Waals surface area contributed by atoms with Crippen molar-refractivity contribution in [2.24, 2.45) is 5.73 Å². The molecule has 2 aromatic carbocycles. The van der Waals surface area contributed by atoms with Gasteiger partial charge in [-0.2, -0.15) is 0 Å². The number of phenolic OH excluding ortho intramolecular Hbond substituents is 2. The maximum atomic E-state index is 13.3. The predicted molar refractivity (Wildman–Crippen MR) is 145 cm³/mol. The zero-order chi connectivity index (χ0) is 27.2. The molecule has 0 radical (unpaired) electrons. The largest absolute Gasteiger partial charge is 0.508 e. The molecule has 2 amide bonds. The van der Waals surface area contributed by atoms with E-state index in [1.54, 1.807) is 11.0 Å². The third kappa shape index (κ3) is 6.96. The van der Waals surface area contributed by atoms with Crippen LogP contribution in [0.5, 0.6) is 11.5 Å². The number of fused-ring (bicyclic) bond motifs is 1. The van der Waals surface area contributed by atoms with Gasteiger partial charge in [0, 0.05) is 51.9 Å². The highest BCUT2D eigenvalue weighted by atomic mass is 16.5. The Labute approximate surface area is 224 Å². The number of amides is 2. The van der Waals surface area contributed by atoms with Crippen molar-refractivity contribution in [3.8, 4) is 11.5 Å². The molecule has 9 heteroatoms. The summed E-state index contributed by atoms with van der Waals surface area (Å²) < 4.78 is 4.77. The summed E-state index contributed by atoms with van der Waals surface area (Å²) in [6.45, 7) is 11.4. The quantitative estimate of drug-likeness (QED) is 0.405. The Morgan fingerprint density at radius 2 is 1.63 bits per heavy atom. The van der Waals surface area contributed by atoms with E-state index >= 15 is 0 Å². The van der Waals surface area contributed by atoms with E-state index in [9.17, 15) is 19.8 Å². The van der Waals surface area contributed by atoms with Crippen LogP contribution in [0.25, 0.3) is 0 Å². The molecule has 4 rings (SSSR count). The molecule has 0 aromatic heterocycles. The normalized spacial score (nSPS) is 16.1. The van der Waals surface area contributed by atoms with Gasteiger partial charge >= 0.3 is 6.09 Å². The minimum Gasteiger partial charge on any atom is -0.508 e. The number of hydrogen-bond acceptors (Lipinski definition) is 7. The molecule has 2 heterocycles. The third-order valence-corrected chi connectivity index (χ3v) is 7.51. The first kappa shape index (κ1) is 27.7. The van der Waals surface area contributed by atoms with Gasteiger partial charge in [-0.25, -0.2) is 4.79 Å². The van der Waals surface area contributed by atoms with Crippen LogP contribution in [0.3, 0.4) is 0 Å². The zero-order valence-corrected chi connectivity index (χ0v) is 22.5. The zero-order valence-electron chi connectivity index (χ0n) is 22.5. The summed E-state index contributed by atoms with van der Waals surface area (Å²) in [5, 5.41) is 20.5. The highest BCUT2D eigenvalue weighted by Crippen LogP contribution is 2.34.